The summed E-state index contributed by atoms with van der Waals surface area (Å²) >= 11 is 2.28. The highest BCUT2D eigenvalue weighted by Crippen LogP contribution is 2.30. The molecule has 0 heterocycles. The second kappa shape index (κ2) is 10.8. The Morgan fingerprint density at radius 2 is 1.76 bits per heavy atom. The van der Waals surface area contributed by atoms with E-state index in [0.29, 0.717) is 19.4 Å². The summed E-state index contributed by atoms with van der Waals surface area (Å²) in [5, 5.41) is 12.2. The SMILES string of the molecule is CC(C)(C)C(CCCCCC(=O)NCCc1ccc(I)cc1)C(=O)O. The van der Waals surface area contributed by atoms with Crippen LogP contribution in [0.4, 0.5) is 0 Å². The van der Waals surface area contributed by atoms with Gasteiger partial charge in [-0.2, -0.15) is 0 Å². The number of benzene rings is 1. The van der Waals surface area contributed by atoms with Crippen LogP contribution in [0.3, 0.4) is 0 Å². The Kier molecular flexibility index (Phi) is 9.46. The second-order valence-electron chi connectivity index (χ2n) is 7.58. The molecular weight excluding hydrogens is 429 g/mol. The molecule has 1 atom stereocenters. The predicted octanol–water partition coefficient (Wildman–Crippen LogP) is 4.65. The largest absolute Gasteiger partial charge is 0.481 e. The average Bonchev–Trinajstić information content (AvgIpc) is 2.51. The van der Waals surface area contributed by atoms with E-state index in [1.165, 1.54) is 9.13 Å². The number of hydrogen-bond acceptors (Lipinski definition) is 2. The third-order valence-electron chi connectivity index (χ3n) is 4.39. The Morgan fingerprint density at radius 3 is 2.32 bits per heavy atom. The molecule has 1 rings (SSSR count). The fraction of sp³-hybridized carbons (Fsp3) is 0.600. The number of rotatable bonds is 10. The summed E-state index contributed by atoms with van der Waals surface area (Å²) in [6.07, 6.45) is 4.59. The van der Waals surface area contributed by atoms with Crippen LogP contribution < -0.4 is 5.32 Å². The Hall–Kier alpha value is -1.11. The zero-order chi connectivity index (χ0) is 18.9. The minimum absolute atomic E-state index is 0.0797. The van der Waals surface area contributed by atoms with Crippen molar-refractivity contribution in [2.75, 3.05) is 6.54 Å². The second-order valence-corrected chi connectivity index (χ2v) is 8.83. The van der Waals surface area contributed by atoms with Gasteiger partial charge in [-0.05, 0) is 65.0 Å². The summed E-state index contributed by atoms with van der Waals surface area (Å²) in [4.78, 5) is 23.2. The van der Waals surface area contributed by atoms with Crippen molar-refractivity contribution in [3.8, 4) is 0 Å². The molecule has 0 aromatic heterocycles. The van der Waals surface area contributed by atoms with Gasteiger partial charge in [0, 0.05) is 16.5 Å². The first-order valence-corrected chi connectivity index (χ1v) is 10.0. The number of aliphatic carboxylic acids is 1. The average molecular weight is 459 g/mol. The van der Waals surface area contributed by atoms with Crippen molar-refractivity contribution < 1.29 is 14.7 Å². The predicted molar refractivity (Wildman–Crippen MR) is 110 cm³/mol. The maximum Gasteiger partial charge on any atom is 0.307 e. The van der Waals surface area contributed by atoms with Crippen LogP contribution in [-0.4, -0.2) is 23.5 Å². The van der Waals surface area contributed by atoms with Gasteiger partial charge < -0.3 is 10.4 Å². The number of unbranched alkanes of at least 4 members (excludes halogenated alkanes) is 2. The standard InChI is InChI=1S/C20H30INO3/c1-20(2,3)17(19(24)25)7-5-4-6-8-18(23)22-14-13-15-9-11-16(21)12-10-15/h9-12,17H,4-8,13-14H2,1-3H3,(H,22,23)(H,24,25). The van der Waals surface area contributed by atoms with Gasteiger partial charge in [-0.3, -0.25) is 9.59 Å². The van der Waals surface area contributed by atoms with Gasteiger partial charge in [0.1, 0.15) is 0 Å². The molecule has 0 radical (unpaired) electrons. The zero-order valence-electron chi connectivity index (χ0n) is 15.5. The summed E-state index contributed by atoms with van der Waals surface area (Å²) < 4.78 is 1.21. The number of carboxylic acids is 1. The van der Waals surface area contributed by atoms with Gasteiger partial charge >= 0.3 is 5.97 Å². The minimum Gasteiger partial charge on any atom is -0.481 e. The quantitative estimate of drug-likeness (QED) is 0.396. The highest BCUT2D eigenvalue weighted by Gasteiger charge is 2.30. The fourth-order valence-corrected chi connectivity index (χ4v) is 3.18. The van der Waals surface area contributed by atoms with Crippen molar-refractivity contribution in [1.82, 2.24) is 5.32 Å². The van der Waals surface area contributed by atoms with Crippen molar-refractivity contribution in [1.29, 1.82) is 0 Å². The van der Waals surface area contributed by atoms with Crippen LogP contribution in [0, 0.1) is 14.9 Å². The van der Waals surface area contributed by atoms with Crippen LogP contribution in [-0.2, 0) is 16.0 Å². The van der Waals surface area contributed by atoms with Crippen molar-refractivity contribution in [2.24, 2.45) is 11.3 Å². The Labute approximate surface area is 164 Å². The lowest BCUT2D eigenvalue weighted by atomic mass is 9.78. The van der Waals surface area contributed by atoms with Gasteiger partial charge in [0.2, 0.25) is 5.91 Å². The molecule has 0 aliphatic carbocycles. The first-order valence-electron chi connectivity index (χ1n) is 8.94. The molecule has 0 aliphatic rings. The van der Waals surface area contributed by atoms with Crippen LogP contribution in [0.25, 0.3) is 0 Å². The molecular formula is C20H30INO3. The van der Waals surface area contributed by atoms with Gasteiger partial charge in [-0.25, -0.2) is 0 Å². The van der Waals surface area contributed by atoms with E-state index in [0.717, 1.165) is 25.7 Å². The Bertz CT molecular complexity index is 549. The molecule has 0 saturated carbocycles. The maximum absolute atomic E-state index is 11.8. The zero-order valence-corrected chi connectivity index (χ0v) is 17.6. The number of halogens is 1. The van der Waals surface area contributed by atoms with E-state index in [1.807, 2.05) is 20.8 Å². The smallest absolute Gasteiger partial charge is 0.307 e. The van der Waals surface area contributed by atoms with E-state index in [-0.39, 0.29) is 17.2 Å². The molecule has 4 nitrogen and oxygen atoms in total. The fourth-order valence-electron chi connectivity index (χ4n) is 2.82. The molecule has 0 fully saturated rings. The van der Waals surface area contributed by atoms with Gasteiger partial charge in [-0.1, -0.05) is 45.7 Å². The van der Waals surface area contributed by atoms with Crippen molar-refractivity contribution in [3.63, 3.8) is 0 Å². The van der Waals surface area contributed by atoms with Crippen LogP contribution >= 0.6 is 22.6 Å². The lowest BCUT2D eigenvalue weighted by Crippen LogP contribution is -2.28. The van der Waals surface area contributed by atoms with E-state index >= 15 is 0 Å². The molecule has 1 unspecified atom stereocenters. The Balaban J connectivity index is 2.14. The molecule has 2 N–H and O–H groups in total. The van der Waals surface area contributed by atoms with Crippen molar-refractivity contribution in [3.05, 3.63) is 33.4 Å². The van der Waals surface area contributed by atoms with Gasteiger partial charge in [0.15, 0.2) is 0 Å². The number of carboxylic acid groups (broad SMARTS) is 1. The number of hydrogen-bond donors (Lipinski definition) is 2. The van der Waals surface area contributed by atoms with Crippen LogP contribution in [0.15, 0.2) is 24.3 Å². The first kappa shape index (κ1) is 21.9. The van der Waals surface area contributed by atoms with Crippen LogP contribution in [0.1, 0.15) is 58.4 Å². The topological polar surface area (TPSA) is 66.4 Å². The van der Waals surface area contributed by atoms with E-state index in [1.54, 1.807) is 0 Å². The molecule has 1 amide bonds. The molecule has 0 bridgehead atoms. The van der Waals surface area contributed by atoms with Gasteiger partial charge in [-0.15, -0.1) is 0 Å². The van der Waals surface area contributed by atoms with Crippen LogP contribution in [0.2, 0.25) is 0 Å². The summed E-state index contributed by atoms with van der Waals surface area (Å²) in [5.41, 5.74) is 1.00. The first-order chi connectivity index (χ1) is 11.7. The monoisotopic (exact) mass is 459 g/mol. The molecule has 0 aliphatic heterocycles. The van der Waals surface area contributed by atoms with E-state index in [2.05, 4.69) is 52.2 Å². The highest BCUT2D eigenvalue weighted by atomic mass is 127. The summed E-state index contributed by atoms with van der Waals surface area (Å²) in [6, 6.07) is 8.31. The molecule has 140 valence electrons. The number of amides is 1. The van der Waals surface area contributed by atoms with Crippen molar-refractivity contribution in [2.45, 2.75) is 59.3 Å². The molecule has 0 spiro atoms. The molecule has 1 aromatic carbocycles. The van der Waals surface area contributed by atoms with Crippen LogP contribution in [0.5, 0.6) is 0 Å². The molecule has 25 heavy (non-hydrogen) atoms. The van der Waals surface area contributed by atoms with Crippen molar-refractivity contribution >= 4 is 34.5 Å². The summed E-state index contributed by atoms with van der Waals surface area (Å²) in [5.74, 6) is -0.966. The molecule has 1 aromatic rings. The molecule has 0 saturated heterocycles. The lowest BCUT2D eigenvalue weighted by molar-refractivity contribution is -0.145. The van der Waals surface area contributed by atoms with E-state index in [9.17, 15) is 14.7 Å². The number of carbonyl (C=O) groups excluding carboxylic acids is 1. The van der Waals surface area contributed by atoms with E-state index < -0.39 is 5.97 Å². The number of carbonyl (C=O) groups is 2. The number of nitrogens with one attached hydrogen (secondary N) is 1. The maximum atomic E-state index is 11.8. The summed E-state index contributed by atoms with van der Waals surface area (Å²) in [6.45, 7) is 6.55. The highest BCUT2D eigenvalue weighted by molar-refractivity contribution is 14.1. The summed E-state index contributed by atoms with van der Waals surface area (Å²) in [7, 11) is 0. The lowest BCUT2D eigenvalue weighted by Gasteiger charge is -2.26. The minimum atomic E-state index is -0.721. The third-order valence-corrected chi connectivity index (χ3v) is 5.11. The third kappa shape index (κ3) is 9.23. The van der Waals surface area contributed by atoms with Gasteiger partial charge in [0.05, 0.1) is 5.92 Å². The normalized spacial score (nSPS) is 12.6. The molecule has 5 heteroatoms. The van der Waals surface area contributed by atoms with Gasteiger partial charge in [0.25, 0.3) is 0 Å². The van der Waals surface area contributed by atoms with E-state index in [4.69, 9.17) is 0 Å². The Morgan fingerprint density at radius 1 is 1.12 bits per heavy atom.